The van der Waals surface area contributed by atoms with Gasteiger partial charge in [0.15, 0.2) is 0 Å². The van der Waals surface area contributed by atoms with Gasteiger partial charge >= 0.3 is 0 Å². The molecule has 18 nitrogen and oxygen atoms in total. The summed E-state index contributed by atoms with van der Waals surface area (Å²) in [6.07, 6.45) is 2.36. The highest BCUT2D eigenvalue weighted by Crippen LogP contribution is 2.40. The van der Waals surface area contributed by atoms with Gasteiger partial charge in [-0.05, 0) is 110 Å². The Balaban J connectivity index is 1.07. The molecule has 6 aromatic carbocycles. The Morgan fingerprint density at radius 3 is 1.32 bits per heavy atom. The molecule has 2 aliphatic heterocycles. The Bertz CT molecular complexity index is 3210. The van der Waals surface area contributed by atoms with Gasteiger partial charge in [0.2, 0.25) is 11.8 Å². The molecule has 76 heavy (non-hydrogen) atoms. The van der Waals surface area contributed by atoms with Gasteiger partial charge in [-0.2, -0.15) is 0 Å². The Kier molecular flexibility index (Phi) is 15.8. The van der Waals surface area contributed by atoms with E-state index in [4.69, 9.17) is 9.47 Å². The molecule has 4 N–H and O–H groups in total. The van der Waals surface area contributed by atoms with E-state index in [1.807, 2.05) is 60.7 Å². The molecule has 7 aromatic rings. The second-order valence-corrected chi connectivity index (χ2v) is 20.1. The van der Waals surface area contributed by atoms with Crippen LogP contribution in [0.25, 0.3) is 21.5 Å². The van der Waals surface area contributed by atoms with Crippen molar-refractivity contribution in [2.75, 3.05) is 61.0 Å². The molecule has 4 unspecified atom stereocenters. The van der Waals surface area contributed by atoms with Crippen LogP contribution in [0.5, 0.6) is 11.5 Å². The minimum atomic E-state index is -1.23. The Hall–Kier alpha value is -7.78. The fourth-order valence-corrected chi connectivity index (χ4v) is 10.3. The minimum absolute atomic E-state index is 0.0160. The summed E-state index contributed by atoms with van der Waals surface area (Å²) in [6, 6.07) is 29.2. The SMILES string of the molecule is CNC(C)C(=O)NC1CN(C(=O)c2cnc(C(=O)N3CC(NC(=O)C(C)NC)C(=O)N(Cc4c(OC)ccc5cc(Br)ccc45)c4ccccc43)cn2)c2ccccc2N(Cc2c(OC)ccc3cc(Br)ccc23)C1=O. The summed E-state index contributed by atoms with van der Waals surface area (Å²) in [7, 11) is 6.36. The van der Waals surface area contributed by atoms with Gasteiger partial charge < -0.3 is 50.3 Å². The average Bonchev–Trinajstić information content (AvgIpc) is 3.62. The summed E-state index contributed by atoms with van der Waals surface area (Å²) in [5, 5.41) is 15.1. The van der Waals surface area contributed by atoms with Crippen molar-refractivity contribution in [3.8, 4) is 11.5 Å². The van der Waals surface area contributed by atoms with E-state index in [1.165, 1.54) is 22.2 Å². The maximum absolute atomic E-state index is 15.0. The fourth-order valence-electron chi connectivity index (χ4n) is 9.49. The molecule has 0 saturated carbocycles. The van der Waals surface area contributed by atoms with E-state index in [0.717, 1.165) is 30.5 Å². The highest BCUT2D eigenvalue weighted by atomic mass is 79.9. The topological polar surface area (TPSA) is 208 Å². The molecule has 0 aliphatic carbocycles. The van der Waals surface area contributed by atoms with Crippen LogP contribution in [0.4, 0.5) is 22.7 Å². The number of anilines is 4. The zero-order valence-corrected chi connectivity index (χ0v) is 45.6. The normalized spacial score (nSPS) is 16.3. The van der Waals surface area contributed by atoms with Crippen LogP contribution in [0.1, 0.15) is 46.0 Å². The number of ether oxygens (including phenoxy) is 2. The molecule has 9 rings (SSSR count). The number of aromatic nitrogens is 2. The second-order valence-electron chi connectivity index (χ2n) is 18.3. The van der Waals surface area contributed by atoms with Crippen LogP contribution in [0, 0.1) is 0 Å². The summed E-state index contributed by atoms with van der Waals surface area (Å²) in [5.74, 6) is -2.13. The van der Waals surface area contributed by atoms with Crippen molar-refractivity contribution in [2.24, 2.45) is 0 Å². The number of likely N-dealkylation sites (N-methyl/N-ethyl adjacent to an activating group) is 2. The van der Waals surface area contributed by atoms with E-state index in [0.29, 0.717) is 45.4 Å². The van der Waals surface area contributed by atoms with Gasteiger partial charge in [0.05, 0.1) is 87.6 Å². The molecule has 3 heterocycles. The number of nitrogens with one attached hydrogen (secondary N) is 4. The first-order valence-electron chi connectivity index (χ1n) is 24.4. The van der Waals surface area contributed by atoms with E-state index in [-0.39, 0.29) is 37.6 Å². The van der Waals surface area contributed by atoms with Gasteiger partial charge in [0.1, 0.15) is 35.0 Å². The molecule has 6 amide bonds. The number of carbonyl (C=O) groups excluding carboxylic acids is 6. The number of halogens is 2. The maximum Gasteiger partial charge on any atom is 0.278 e. The van der Waals surface area contributed by atoms with Crippen molar-refractivity contribution in [2.45, 2.75) is 51.1 Å². The largest absolute Gasteiger partial charge is 0.496 e. The van der Waals surface area contributed by atoms with Crippen molar-refractivity contribution in [3.05, 3.63) is 153 Å². The summed E-state index contributed by atoms with van der Waals surface area (Å²) in [4.78, 5) is 102. The molecule has 2 aliphatic rings. The standard InChI is InChI=1S/C56H54Br2N10O8/c1-31(59-3)51(69)63-43-29-67(47-13-9-7-11-45(47)65(55(43)73)27-39-37-19-17-35(57)23-33(37)15-21-49(39)75-5)53(71)41-25-62-42(26-61-41)54(72)68-30-44(64-52(70)32(2)60-4)56(74)66(46-12-8-10-14-48(46)68)28-40-38-20-18-36(58)24-34(38)16-22-50(40)76-6/h7-26,31-32,43-44,59-60H,27-30H2,1-6H3,(H,63,69)(H,64,70). The molecule has 0 bridgehead atoms. The zero-order valence-electron chi connectivity index (χ0n) is 42.4. The van der Waals surface area contributed by atoms with Crippen molar-refractivity contribution < 1.29 is 38.2 Å². The number of rotatable bonds is 14. The van der Waals surface area contributed by atoms with Crippen molar-refractivity contribution >= 4 is 112 Å². The summed E-state index contributed by atoms with van der Waals surface area (Å²) in [5.41, 5.74) is 2.57. The van der Waals surface area contributed by atoms with Crippen molar-refractivity contribution in [3.63, 3.8) is 0 Å². The molecule has 4 atom stereocenters. The van der Waals surface area contributed by atoms with Crippen LogP contribution in [0.3, 0.4) is 0 Å². The van der Waals surface area contributed by atoms with Gasteiger partial charge in [-0.25, -0.2) is 9.97 Å². The van der Waals surface area contributed by atoms with Crippen LogP contribution in [-0.4, -0.2) is 111 Å². The number of benzene rings is 6. The van der Waals surface area contributed by atoms with Crippen molar-refractivity contribution in [1.82, 2.24) is 31.2 Å². The maximum atomic E-state index is 15.0. The Labute approximate surface area is 455 Å². The molecule has 0 radical (unpaired) electrons. The second kappa shape index (κ2) is 22.6. The van der Waals surface area contributed by atoms with Crippen LogP contribution in [-0.2, 0) is 32.3 Å². The van der Waals surface area contributed by atoms with Gasteiger partial charge in [-0.1, -0.05) is 80.4 Å². The first-order chi connectivity index (χ1) is 36.6. The lowest BCUT2D eigenvalue weighted by molar-refractivity contribution is -0.128. The van der Waals surface area contributed by atoms with E-state index < -0.39 is 59.6 Å². The lowest BCUT2D eigenvalue weighted by Gasteiger charge is -2.27. The number of hydrogen-bond donors (Lipinski definition) is 4. The number of fused-ring (bicyclic) bond motifs is 4. The summed E-state index contributed by atoms with van der Waals surface area (Å²) in [6.45, 7) is 2.78. The van der Waals surface area contributed by atoms with Gasteiger partial charge in [-0.3, -0.25) is 28.8 Å². The lowest BCUT2D eigenvalue weighted by atomic mass is 10.0. The third kappa shape index (κ3) is 10.4. The molecule has 1 aromatic heterocycles. The van der Waals surface area contributed by atoms with Crippen LogP contribution < -0.4 is 50.3 Å². The predicted molar refractivity (Wildman–Crippen MR) is 298 cm³/mol. The Morgan fingerprint density at radius 2 is 0.961 bits per heavy atom. The van der Waals surface area contributed by atoms with Gasteiger partial charge in [0, 0.05) is 20.1 Å². The summed E-state index contributed by atoms with van der Waals surface area (Å²) >= 11 is 7.12. The molecule has 0 saturated heterocycles. The highest BCUT2D eigenvalue weighted by molar-refractivity contribution is 9.10. The summed E-state index contributed by atoms with van der Waals surface area (Å²) < 4.78 is 13.4. The monoisotopic (exact) mass is 1150 g/mol. The number of hydrogen-bond acceptors (Lipinski definition) is 12. The molecule has 390 valence electrons. The highest BCUT2D eigenvalue weighted by Gasteiger charge is 2.41. The minimum Gasteiger partial charge on any atom is -0.496 e. The van der Waals surface area contributed by atoms with E-state index in [2.05, 4.69) is 63.1 Å². The smallest absolute Gasteiger partial charge is 0.278 e. The van der Waals surface area contributed by atoms with Gasteiger partial charge in [0.25, 0.3) is 23.6 Å². The predicted octanol–water partition coefficient (Wildman–Crippen LogP) is 6.90. The van der Waals surface area contributed by atoms with Crippen molar-refractivity contribution in [1.29, 1.82) is 0 Å². The van der Waals surface area contributed by atoms with Crippen LogP contribution >= 0.6 is 31.9 Å². The van der Waals surface area contributed by atoms with E-state index >= 15 is 0 Å². The molecule has 0 fully saturated rings. The fraction of sp³-hybridized carbons (Fsp3) is 0.250. The number of methoxy groups -OCH3 is 2. The van der Waals surface area contributed by atoms with Crippen LogP contribution in [0.2, 0.25) is 0 Å². The zero-order chi connectivity index (χ0) is 53.9. The number of para-hydroxylation sites is 4. The van der Waals surface area contributed by atoms with E-state index in [1.54, 1.807) is 100 Å². The number of nitrogens with zero attached hydrogens (tertiary/aromatic N) is 6. The quantitative estimate of drug-likeness (QED) is 0.0878. The number of amides is 6. The van der Waals surface area contributed by atoms with E-state index in [9.17, 15) is 28.8 Å². The lowest BCUT2D eigenvalue weighted by Crippen LogP contribution is -2.56. The van der Waals surface area contributed by atoms with Gasteiger partial charge in [-0.15, -0.1) is 0 Å². The average molecular weight is 1150 g/mol. The molecular formula is C56H54Br2N10O8. The molecular weight excluding hydrogens is 1100 g/mol. The first kappa shape index (κ1) is 53.1. The molecule has 0 spiro atoms. The number of carbonyl (C=O) groups is 6. The Morgan fingerprint density at radius 1 is 0.579 bits per heavy atom. The third-order valence-electron chi connectivity index (χ3n) is 13.8. The van der Waals surface area contributed by atoms with Crippen LogP contribution in [0.15, 0.2) is 131 Å². The molecule has 20 heteroatoms. The first-order valence-corrected chi connectivity index (χ1v) is 25.9. The third-order valence-corrected chi connectivity index (χ3v) is 14.8.